The monoisotopic (exact) mass is 262 g/mol. The lowest BCUT2D eigenvalue weighted by molar-refractivity contribution is -0.122. The summed E-state index contributed by atoms with van der Waals surface area (Å²) in [5.41, 5.74) is 3.13. The maximum absolute atomic E-state index is 12.0. The molecular weight excluding hydrogens is 240 g/mol. The molecular formula is C15H22N2O2. The molecule has 2 N–H and O–H groups in total. The summed E-state index contributed by atoms with van der Waals surface area (Å²) in [7, 11) is 1.69. The van der Waals surface area contributed by atoms with E-state index in [4.69, 9.17) is 5.11 Å². The van der Waals surface area contributed by atoms with Gasteiger partial charge in [-0.25, -0.2) is 0 Å². The second-order valence-corrected chi connectivity index (χ2v) is 5.10. The molecule has 4 nitrogen and oxygen atoms in total. The minimum Gasteiger partial charge on any atom is -0.392 e. The van der Waals surface area contributed by atoms with Gasteiger partial charge in [0.15, 0.2) is 0 Å². The van der Waals surface area contributed by atoms with Gasteiger partial charge in [0.05, 0.1) is 6.61 Å². The first kappa shape index (κ1) is 13.9. The topological polar surface area (TPSA) is 52.6 Å². The summed E-state index contributed by atoms with van der Waals surface area (Å²) >= 11 is 0. The van der Waals surface area contributed by atoms with Crippen molar-refractivity contribution in [1.82, 2.24) is 5.32 Å². The van der Waals surface area contributed by atoms with Crippen LogP contribution in [0.25, 0.3) is 0 Å². The van der Waals surface area contributed by atoms with Crippen LogP contribution in [-0.2, 0) is 11.4 Å². The molecule has 0 bridgehead atoms. The van der Waals surface area contributed by atoms with Gasteiger partial charge in [-0.1, -0.05) is 12.1 Å². The molecule has 1 aliphatic rings. The maximum atomic E-state index is 12.0. The Bertz CT molecular complexity index is 459. The summed E-state index contributed by atoms with van der Waals surface area (Å²) in [6, 6.07) is 5.86. The highest BCUT2D eigenvalue weighted by molar-refractivity contribution is 5.85. The van der Waals surface area contributed by atoms with E-state index < -0.39 is 0 Å². The highest BCUT2D eigenvalue weighted by atomic mass is 16.3. The second-order valence-electron chi connectivity index (χ2n) is 5.10. The summed E-state index contributed by atoms with van der Waals surface area (Å²) < 4.78 is 0. The molecule has 1 saturated heterocycles. The normalized spacial score (nSPS) is 19.3. The molecule has 104 valence electrons. The van der Waals surface area contributed by atoms with Gasteiger partial charge >= 0.3 is 0 Å². The van der Waals surface area contributed by atoms with E-state index >= 15 is 0 Å². The van der Waals surface area contributed by atoms with Crippen molar-refractivity contribution in [3.8, 4) is 0 Å². The molecule has 1 heterocycles. The zero-order chi connectivity index (χ0) is 13.8. The van der Waals surface area contributed by atoms with E-state index in [-0.39, 0.29) is 18.6 Å². The minimum atomic E-state index is -0.0718. The number of nitrogens with zero attached hydrogens (tertiary/aromatic N) is 1. The Hall–Kier alpha value is -1.55. The third kappa shape index (κ3) is 2.89. The molecule has 1 fully saturated rings. The number of amides is 1. The molecule has 0 aliphatic carbocycles. The number of benzene rings is 1. The average molecular weight is 262 g/mol. The molecule has 0 aromatic heterocycles. The van der Waals surface area contributed by atoms with Crippen molar-refractivity contribution in [2.45, 2.75) is 38.8 Å². The fourth-order valence-electron chi connectivity index (χ4n) is 2.80. The number of likely N-dealkylation sites (N-methyl/N-ethyl adjacent to an activating group) is 1. The Kier molecular flexibility index (Phi) is 4.43. The van der Waals surface area contributed by atoms with Gasteiger partial charge in [0, 0.05) is 19.3 Å². The predicted molar refractivity (Wildman–Crippen MR) is 76.2 cm³/mol. The van der Waals surface area contributed by atoms with Gasteiger partial charge in [0.2, 0.25) is 5.91 Å². The first-order valence-electron chi connectivity index (χ1n) is 6.86. The third-order valence-corrected chi connectivity index (χ3v) is 3.81. The fraction of sp³-hybridized carbons (Fsp3) is 0.533. The van der Waals surface area contributed by atoms with Gasteiger partial charge in [-0.2, -0.15) is 0 Å². The number of carbonyl (C=O) groups is 1. The van der Waals surface area contributed by atoms with Gasteiger partial charge in [0.25, 0.3) is 0 Å². The lowest BCUT2D eigenvalue weighted by Gasteiger charge is -2.37. The number of aryl methyl sites for hydroxylation is 1. The summed E-state index contributed by atoms with van der Waals surface area (Å²) in [4.78, 5) is 14.2. The fourth-order valence-corrected chi connectivity index (χ4v) is 2.80. The van der Waals surface area contributed by atoms with E-state index in [2.05, 4.69) is 10.2 Å². The average Bonchev–Trinajstić information content (AvgIpc) is 2.46. The van der Waals surface area contributed by atoms with Crippen LogP contribution in [-0.4, -0.2) is 30.6 Å². The first-order chi connectivity index (χ1) is 9.17. The van der Waals surface area contributed by atoms with Gasteiger partial charge in [0.1, 0.15) is 6.04 Å². The Morgan fingerprint density at radius 3 is 2.89 bits per heavy atom. The number of aliphatic hydroxyl groups excluding tert-OH is 1. The van der Waals surface area contributed by atoms with Crippen LogP contribution in [0.15, 0.2) is 18.2 Å². The first-order valence-corrected chi connectivity index (χ1v) is 6.86. The summed E-state index contributed by atoms with van der Waals surface area (Å²) in [6.07, 6.45) is 3.12. The van der Waals surface area contributed by atoms with E-state index in [0.717, 1.165) is 42.6 Å². The van der Waals surface area contributed by atoms with Crippen molar-refractivity contribution in [1.29, 1.82) is 0 Å². The SMILES string of the molecule is CNC(=O)C1CCCCN1c1ccc(CO)cc1C. The Morgan fingerprint density at radius 1 is 1.47 bits per heavy atom. The van der Waals surface area contributed by atoms with E-state index in [1.165, 1.54) is 0 Å². The molecule has 1 atom stereocenters. The van der Waals surface area contributed by atoms with Crippen molar-refractivity contribution >= 4 is 11.6 Å². The molecule has 1 aromatic rings. The zero-order valence-electron chi connectivity index (χ0n) is 11.6. The Balaban J connectivity index is 2.29. The molecule has 2 rings (SSSR count). The lowest BCUT2D eigenvalue weighted by Crippen LogP contribution is -2.49. The van der Waals surface area contributed by atoms with Crippen molar-refractivity contribution in [2.75, 3.05) is 18.5 Å². The van der Waals surface area contributed by atoms with Crippen LogP contribution < -0.4 is 10.2 Å². The largest absolute Gasteiger partial charge is 0.392 e. The Morgan fingerprint density at radius 2 is 2.26 bits per heavy atom. The predicted octanol–water partition coefficient (Wildman–Crippen LogP) is 1.59. The maximum Gasteiger partial charge on any atom is 0.242 e. The van der Waals surface area contributed by atoms with E-state index in [9.17, 15) is 4.79 Å². The highest BCUT2D eigenvalue weighted by Crippen LogP contribution is 2.28. The van der Waals surface area contributed by atoms with Crippen LogP contribution in [0.1, 0.15) is 30.4 Å². The van der Waals surface area contributed by atoms with Gasteiger partial charge < -0.3 is 15.3 Å². The number of piperidine rings is 1. The lowest BCUT2D eigenvalue weighted by atomic mass is 9.98. The number of aliphatic hydroxyl groups is 1. The van der Waals surface area contributed by atoms with E-state index in [1.807, 2.05) is 25.1 Å². The van der Waals surface area contributed by atoms with Crippen LogP contribution in [0.4, 0.5) is 5.69 Å². The number of carbonyl (C=O) groups excluding carboxylic acids is 1. The molecule has 1 amide bonds. The summed E-state index contributed by atoms with van der Waals surface area (Å²) in [5, 5.41) is 11.9. The minimum absolute atomic E-state index is 0.0556. The third-order valence-electron chi connectivity index (χ3n) is 3.81. The smallest absolute Gasteiger partial charge is 0.242 e. The van der Waals surface area contributed by atoms with Crippen molar-refractivity contribution in [2.24, 2.45) is 0 Å². The molecule has 0 spiro atoms. The molecule has 0 saturated carbocycles. The number of anilines is 1. The van der Waals surface area contributed by atoms with E-state index in [1.54, 1.807) is 7.05 Å². The van der Waals surface area contributed by atoms with Gasteiger partial charge in [-0.3, -0.25) is 4.79 Å². The zero-order valence-corrected chi connectivity index (χ0v) is 11.6. The number of hydrogen-bond donors (Lipinski definition) is 2. The highest BCUT2D eigenvalue weighted by Gasteiger charge is 2.28. The molecule has 19 heavy (non-hydrogen) atoms. The summed E-state index contributed by atoms with van der Waals surface area (Å²) in [5.74, 6) is 0.0883. The molecule has 1 aromatic carbocycles. The molecule has 1 unspecified atom stereocenters. The van der Waals surface area contributed by atoms with Crippen LogP contribution in [0.5, 0.6) is 0 Å². The Labute approximate surface area is 114 Å². The van der Waals surface area contributed by atoms with Crippen molar-refractivity contribution < 1.29 is 9.90 Å². The molecule has 0 radical (unpaired) electrons. The van der Waals surface area contributed by atoms with Crippen LogP contribution in [0.3, 0.4) is 0 Å². The van der Waals surface area contributed by atoms with Crippen LogP contribution in [0.2, 0.25) is 0 Å². The molecule has 1 aliphatic heterocycles. The van der Waals surface area contributed by atoms with Crippen LogP contribution >= 0.6 is 0 Å². The molecule has 4 heteroatoms. The quantitative estimate of drug-likeness (QED) is 0.870. The van der Waals surface area contributed by atoms with E-state index in [0.29, 0.717) is 0 Å². The second kappa shape index (κ2) is 6.06. The van der Waals surface area contributed by atoms with Crippen molar-refractivity contribution in [3.05, 3.63) is 29.3 Å². The summed E-state index contributed by atoms with van der Waals surface area (Å²) in [6.45, 7) is 3.00. The van der Waals surface area contributed by atoms with Crippen molar-refractivity contribution in [3.63, 3.8) is 0 Å². The number of rotatable bonds is 3. The standard InChI is InChI=1S/C15H22N2O2/c1-11-9-12(10-18)6-7-13(11)17-8-4-3-5-14(17)15(19)16-2/h6-7,9,14,18H,3-5,8,10H2,1-2H3,(H,16,19). The number of hydrogen-bond acceptors (Lipinski definition) is 3. The van der Waals surface area contributed by atoms with Crippen LogP contribution in [0, 0.1) is 6.92 Å². The van der Waals surface area contributed by atoms with Gasteiger partial charge in [-0.05, 0) is 43.4 Å². The van der Waals surface area contributed by atoms with Gasteiger partial charge in [-0.15, -0.1) is 0 Å². The number of nitrogens with one attached hydrogen (secondary N) is 1.